The first-order valence-corrected chi connectivity index (χ1v) is 6.94. The molecule has 17 heavy (non-hydrogen) atoms. The molecule has 2 rings (SSSR count). The molecule has 0 aromatic rings. The lowest BCUT2D eigenvalue weighted by Gasteiger charge is -2.40. The summed E-state index contributed by atoms with van der Waals surface area (Å²) in [6.45, 7) is 5.48. The monoisotopic (exact) mass is 240 g/mol. The molecule has 2 fully saturated rings. The minimum absolute atomic E-state index is 0.204. The fourth-order valence-corrected chi connectivity index (χ4v) is 2.97. The predicted octanol–water partition coefficient (Wildman–Crippen LogP) is 1.71. The van der Waals surface area contributed by atoms with Crippen LogP contribution in [0.4, 0.5) is 0 Å². The summed E-state index contributed by atoms with van der Waals surface area (Å²) in [4.78, 5) is 18.1. The Bertz CT molecular complexity index is 251. The van der Waals surface area contributed by atoms with E-state index in [1.54, 1.807) is 5.06 Å². The van der Waals surface area contributed by atoms with Crippen molar-refractivity contribution in [1.29, 1.82) is 0 Å². The molecule has 1 amide bonds. The number of piperidine rings is 1. The van der Waals surface area contributed by atoms with Gasteiger partial charge in [0.25, 0.3) is 5.91 Å². The van der Waals surface area contributed by atoms with Gasteiger partial charge in [0.15, 0.2) is 0 Å². The van der Waals surface area contributed by atoms with Gasteiger partial charge < -0.3 is 5.32 Å². The average Bonchev–Trinajstić information content (AvgIpc) is 2.40. The number of nitrogens with zero attached hydrogens (tertiary/aromatic N) is 1. The Balaban J connectivity index is 2.05. The van der Waals surface area contributed by atoms with E-state index >= 15 is 0 Å². The Kier molecular flexibility index (Phi) is 4.40. The molecule has 0 radical (unpaired) electrons. The molecule has 0 aliphatic carbocycles. The van der Waals surface area contributed by atoms with E-state index in [0.717, 1.165) is 58.2 Å². The fraction of sp³-hybridized carbons (Fsp3) is 0.923. The lowest BCUT2D eigenvalue weighted by molar-refractivity contribution is -0.208. The Morgan fingerprint density at radius 3 is 2.88 bits per heavy atom. The van der Waals surface area contributed by atoms with Gasteiger partial charge in [0.05, 0.1) is 12.0 Å². The van der Waals surface area contributed by atoms with Gasteiger partial charge in [-0.3, -0.25) is 9.63 Å². The summed E-state index contributed by atoms with van der Waals surface area (Å²) < 4.78 is 0. The molecule has 2 aliphatic rings. The molecule has 0 aromatic heterocycles. The number of hydroxylamine groups is 2. The summed E-state index contributed by atoms with van der Waals surface area (Å²) in [7, 11) is 0. The standard InChI is InChI=1S/C13H24N2O2/c1-2-6-13(7-5-8-14-11-13)12(16)15-9-3-4-10-17-15/h14H,2-11H2,1H3. The van der Waals surface area contributed by atoms with Gasteiger partial charge in [-0.15, -0.1) is 0 Å². The highest BCUT2D eigenvalue weighted by molar-refractivity contribution is 5.82. The molecule has 2 aliphatic heterocycles. The van der Waals surface area contributed by atoms with Crippen LogP contribution in [0.1, 0.15) is 45.4 Å². The van der Waals surface area contributed by atoms with Gasteiger partial charge in [-0.2, -0.15) is 0 Å². The van der Waals surface area contributed by atoms with Crippen LogP contribution in [0.2, 0.25) is 0 Å². The summed E-state index contributed by atoms with van der Waals surface area (Å²) in [5.41, 5.74) is -0.204. The van der Waals surface area contributed by atoms with E-state index in [9.17, 15) is 4.79 Å². The van der Waals surface area contributed by atoms with Gasteiger partial charge in [-0.1, -0.05) is 13.3 Å². The Labute approximate surface area is 104 Å². The Hall–Kier alpha value is -0.610. The van der Waals surface area contributed by atoms with Gasteiger partial charge in [0.2, 0.25) is 0 Å². The Morgan fingerprint density at radius 2 is 2.29 bits per heavy atom. The number of hydrogen-bond donors (Lipinski definition) is 1. The maximum Gasteiger partial charge on any atom is 0.253 e. The molecule has 98 valence electrons. The molecule has 2 saturated heterocycles. The summed E-state index contributed by atoms with van der Waals surface area (Å²) >= 11 is 0. The van der Waals surface area contributed by atoms with Gasteiger partial charge in [-0.25, -0.2) is 5.06 Å². The van der Waals surface area contributed by atoms with E-state index in [1.807, 2.05) is 0 Å². The lowest BCUT2D eigenvalue weighted by Crippen LogP contribution is -2.52. The highest BCUT2D eigenvalue weighted by Gasteiger charge is 2.42. The van der Waals surface area contributed by atoms with E-state index in [-0.39, 0.29) is 11.3 Å². The van der Waals surface area contributed by atoms with Crippen LogP contribution in [0.3, 0.4) is 0 Å². The average molecular weight is 240 g/mol. The summed E-state index contributed by atoms with van der Waals surface area (Å²) in [6, 6.07) is 0. The first kappa shape index (κ1) is 12.8. The molecule has 0 bridgehead atoms. The van der Waals surface area contributed by atoms with Crippen molar-refractivity contribution in [3.05, 3.63) is 0 Å². The topological polar surface area (TPSA) is 41.6 Å². The van der Waals surface area contributed by atoms with Crippen LogP contribution in [0.15, 0.2) is 0 Å². The van der Waals surface area contributed by atoms with Crippen LogP contribution in [-0.2, 0) is 9.63 Å². The molecular weight excluding hydrogens is 216 g/mol. The minimum Gasteiger partial charge on any atom is -0.316 e. The number of nitrogens with one attached hydrogen (secondary N) is 1. The molecule has 4 heteroatoms. The number of amides is 1. The van der Waals surface area contributed by atoms with E-state index in [0.29, 0.717) is 6.61 Å². The van der Waals surface area contributed by atoms with Crippen molar-refractivity contribution in [3.63, 3.8) is 0 Å². The SMILES string of the molecule is CCCC1(C(=O)N2CCCCO2)CCCNC1. The largest absolute Gasteiger partial charge is 0.316 e. The second-order valence-electron chi connectivity index (χ2n) is 5.26. The van der Waals surface area contributed by atoms with Gasteiger partial charge in [0, 0.05) is 13.1 Å². The number of rotatable bonds is 3. The summed E-state index contributed by atoms with van der Waals surface area (Å²) in [6.07, 6.45) is 6.27. The maximum absolute atomic E-state index is 12.6. The van der Waals surface area contributed by atoms with E-state index in [2.05, 4.69) is 12.2 Å². The third-order valence-electron chi connectivity index (χ3n) is 3.88. The molecule has 0 aromatic carbocycles. The zero-order valence-corrected chi connectivity index (χ0v) is 10.8. The number of carbonyl (C=O) groups excluding carboxylic acids is 1. The van der Waals surface area contributed by atoms with Crippen LogP contribution in [-0.4, -0.2) is 37.2 Å². The van der Waals surface area contributed by atoms with Crippen molar-refractivity contribution >= 4 is 5.91 Å². The first-order chi connectivity index (χ1) is 8.28. The van der Waals surface area contributed by atoms with Crippen LogP contribution in [0.5, 0.6) is 0 Å². The van der Waals surface area contributed by atoms with E-state index in [1.165, 1.54) is 0 Å². The third kappa shape index (κ3) is 2.80. The molecule has 1 atom stereocenters. The molecule has 0 saturated carbocycles. The first-order valence-electron chi connectivity index (χ1n) is 6.94. The van der Waals surface area contributed by atoms with Crippen LogP contribution >= 0.6 is 0 Å². The minimum atomic E-state index is -0.204. The molecule has 2 heterocycles. The van der Waals surface area contributed by atoms with Gasteiger partial charge in [-0.05, 0) is 38.6 Å². The zero-order valence-electron chi connectivity index (χ0n) is 10.8. The predicted molar refractivity (Wildman–Crippen MR) is 66.3 cm³/mol. The van der Waals surface area contributed by atoms with Gasteiger partial charge >= 0.3 is 0 Å². The van der Waals surface area contributed by atoms with Crippen molar-refractivity contribution in [1.82, 2.24) is 10.4 Å². The molecule has 0 spiro atoms. The van der Waals surface area contributed by atoms with Crippen molar-refractivity contribution in [2.24, 2.45) is 5.41 Å². The quantitative estimate of drug-likeness (QED) is 0.816. The molecule has 1 N–H and O–H groups in total. The second kappa shape index (κ2) is 5.83. The summed E-state index contributed by atoms with van der Waals surface area (Å²) in [5, 5.41) is 5.01. The summed E-state index contributed by atoms with van der Waals surface area (Å²) in [5.74, 6) is 0.214. The van der Waals surface area contributed by atoms with Crippen molar-refractivity contribution in [2.75, 3.05) is 26.2 Å². The number of hydrogen-bond acceptors (Lipinski definition) is 3. The van der Waals surface area contributed by atoms with E-state index < -0.39 is 0 Å². The van der Waals surface area contributed by atoms with Crippen LogP contribution < -0.4 is 5.32 Å². The smallest absolute Gasteiger partial charge is 0.253 e. The normalized spacial score (nSPS) is 30.3. The second-order valence-corrected chi connectivity index (χ2v) is 5.26. The maximum atomic E-state index is 12.6. The van der Waals surface area contributed by atoms with Crippen molar-refractivity contribution in [2.45, 2.75) is 45.4 Å². The number of carbonyl (C=O) groups is 1. The van der Waals surface area contributed by atoms with Crippen molar-refractivity contribution in [3.8, 4) is 0 Å². The van der Waals surface area contributed by atoms with E-state index in [4.69, 9.17) is 4.84 Å². The highest BCUT2D eigenvalue weighted by Crippen LogP contribution is 2.34. The van der Waals surface area contributed by atoms with Crippen molar-refractivity contribution < 1.29 is 9.63 Å². The highest BCUT2D eigenvalue weighted by atomic mass is 16.7. The van der Waals surface area contributed by atoms with Gasteiger partial charge in [0.1, 0.15) is 0 Å². The fourth-order valence-electron chi connectivity index (χ4n) is 2.97. The lowest BCUT2D eigenvalue weighted by atomic mass is 9.76. The molecule has 4 nitrogen and oxygen atoms in total. The molecular formula is C13H24N2O2. The Morgan fingerprint density at radius 1 is 1.41 bits per heavy atom. The third-order valence-corrected chi connectivity index (χ3v) is 3.88. The molecule has 1 unspecified atom stereocenters. The van der Waals surface area contributed by atoms with Crippen LogP contribution in [0, 0.1) is 5.41 Å². The zero-order chi connectivity index (χ0) is 12.1. The van der Waals surface area contributed by atoms with Crippen LogP contribution in [0.25, 0.3) is 0 Å².